The summed E-state index contributed by atoms with van der Waals surface area (Å²) < 4.78 is 38.5. The molecule has 1 aromatic rings. The topological polar surface area (TPSA) is 38.9 Å². The second-order valence-electron chi connectivity index (χ2n) is 1.44. The van der Waals surface area contributed by atoms with E-state index in [-0.39, 0.29) is 0 Å². The molecule has 0 aliphatic carbocycles. The maximum Gasteiger partial charge on any atom is 0.470 e. The maximum absolute atomic E-state index is 11.5. The number of halogens is 3. The Hall–Kier alpha value is -1.07. The van der Waals surface area contributed by atoms with Gasteiger partial charge in [0.1, 0.15) is 0 Å². The average molecular weight is 150 g/mol. The molecule has 0 fully saturated rings. The van der Waals surface area contributed by atoms with Crippen molar-refractivity contribution in [2.45, 2.75) is 6.18 Å². The van der Waals surface area contributed by atoms with Crippen LogP contribution in [0.3, 0.4) is 0 Å². The van der Waals surface area contributed by atoms with Gasteiger partial charge >= 0.3 is 12.1 Å². The van der Waals surface area contributed by atoms with Crippen molar-refractivity contribution in [1.82, 2.24) is 10.2 Å². The van der Waals surface area contributed by atoms with Crippen molar-refractivity contribution >= 4 is 0 Å². The van der Waals surface area contributed by atoms with E-state index < -0.39 is 18.0 Å². The van der Waals surface area contributed by atoms with Crippen molar-refractivity contribution in [1.29, 1.82) is 0 Å². The Morgan fingerprint density at radius 3 is 2.10 bits per heavy atom. The molecule has 0 saturated heterocycles. The Morgan fingerprint density at radius 1 is 1.30 bits per heavy atom. The van der Waals surface area contributed by atoms with Gasteiger partial charge in [-0.2, -0.15) is 13.2 Å². The molecule has 0 aliphatic heterocycles. The summed E-state index contributed by atoms with van der Waals surface area (Å²) in [6, 6.07) is 0. The van der Waals surface area contributed by atoms with Gasteiger partial charge in [0.05, 0.1) is 6.92 Å². The van der Waals surface area contributed by atoms with Crippen LogP contribution in [-0.4, -0.2) is 10.2 Å². The molecular weight excluding hydrogens is 149 g/mol. The van der Waals surface area contributed by atoms with E-state index in [9.17, 15) is 13.2 Å². The van der Waals surface area contributed by atoms with E-state index >= 15 is 0 Å². The predicted molar refractivity (Wildman–Crippen MR) is 22.7 cm³/mol. The normalized spacial score (nSPS) is 12.0. The number of hydrogen-bond acceptors (Lipinski definition) is 3. The number of alkyl halides is 3. The van der Waals surface area contributed by atoms with Crippen molar-refractivity contribution in [3.8, 4) is 0 Å². The minimum atomic E-state index is -4.61. The Labute approximate surface area is 53.9 Å². The van der Waals surface area contributed by atoms with E-state index in [1.165, 1.54) is 0 Å². The van der Waals surface area contributed by atoms with Crippen LogP contribution in [0.4, 0.5) is 13.2 Å². The zero-order chi connectivity index (χ0) is 7.78. The van der Waals surface area contributed by atoms with E-state index in [2.05, 4.69) is 14.6 Å². The third kappa shape index (κ3) is 1.26. The molecule has 0 bridgehead atoms. The predicted octanol–water partition coefficient (Wildman–Crippen LogP) is 1.15. The average Bonchev–Trinajstić information content (AvgIpc) is 2.11. The lowest BCUT2D eigenvalue weighted by Crippen LogP contribution is -2.04. The second-order valence-corrected chi connectivity index (χ2v) is 1.44. The lowest BCUT2D eigenvalue weighted by atomic mass is 10.7. The fourth-order valence-corrected chi connectivity index (χ4v) is 0.349. The van der Waals surface area contributed by atoms with Crippen LogP contribution in [0.1, 0.15) is 11.8 Å². The molecule has 0 spiro atoms. The van der Waals surface area contributed by atoms with E-state index in [0.717, 1.165) is 0 Å². The van der Waals surface area contributed by atoms with Crippen LogP contribution < -0.4 is 0 Å². The minimum absolute atomic E-state index is 0.590. The number of nitrogens with zero attached hydrogens (tertiary/aromatic N) is 2. The van der Waals surface area contributed by atoms with Gasteiger partial charge in [-0.05, 0) is 0 Å². The van der Waals surface area contributed by atoms with Crippen molar-refractivity contribution in [2.75, 3.05) is 0 Å². The van der Waals surface area contributed by atoms with Crippen LogP contribution >= 0.6 is 0 Å². The van der Waals surface area contributed by atoms with Gasteiger partial charge in [0.2, 0.25) is 5.89 Å². The first-order chi connectivity index (χ1) is 4.50. The lowest BCUT2D eigenvalue weighted by Gasteiger charge is -1.95. The van der Waals surface area contributed by atoms with Gasteiger partial charge in [-0.3, -0.25) is 0 Å². The molecule has 0 unspecified atom stereocenters. The lowest BCUT2D eigenvalue weighted by molar-refractivity contribution is -0.157. The molecule has 1 aromatic heterocycles. The first-order valence-electron chi connectivity index (χ1n) is 2.16. The molecule has 6 heteroatoms. The second kappa shape index (κ2) is 1.96. The Morgan fingerprint density at radius 2 is 1.90 bits per heavy atom. The molecule has 0 saturated carbocycles. The maximum atomic E-state index is 11.5. The summed E-state index contributed by atoms with van der Waals surface area (Å²) in [5.41, 5.74) is 0. The molecule has 0 N–H and O–H groups in total. The fraction of sp³-hybridized carbons (Fsp3) is 0.250. The number of aromatic nitrogens is 2. The summed E-state index contributed by atoms with van der Waals surface area (Å²) in [5.74, 6) is -2.02. The van der Waals surface area contributed by atoms with Crippen LogP contribution in [0.5, 0.6) is 0 Å². The van der Waals surface area contributed by atoms with Crippen molar-refractivity contribution in [3.05, 3.63) is 18.7 Å². The van der Waals surface area contributed by atoms with Crippen molar-refractivity contribution in [3.63, 3.8) is 0 Å². The molecular formula is C4HF3N2O. The third-order valence-electron chi connectivity index (χ3n) is 0.683. The Bertz CT molecular complexity index is 229. The van der Waals surface area contributed by atoms with Gasteiger partial charge in [-0.25, -0.2) is 0 Å². The van der Waals surface area contributed by atoms with Gasteiger partial charge in [0.25, 0.3) is 0 Å². The zero-order valence-electron chi connectivity index (χ0n) is 4.51. The van der Waals surface area contributed by atoms with Gasteiger partial charge in [0, 0.05) is 0 Å². The summed E-state index contributed by atoms with van der Waals surface area (Å²) in [7, 11) is 0. The summed E-state index contributed by atoms with van der Waals surface area (Å²) in [6.45, 7) is 4.73. The summed E-state index contributed by atoms with van der Waals surface area (Å²) in [5, 5.41) is 5.44. The Kier molecular flexibility index (Phi) is 1.38. The van der Waals surface area contributed by atoms with E-state index in [4.69, 9.17) is 6.92 Å². The van der Waals surface area contributed by atoms with E-state index in [1.807, 2.05) is 0 Å². The first-order valence-corrected chi connectivity index (χ1v) is 2.16. The molecule has 2 radical (unpaired) electrons. The van der Waals surface area contributed by atoms with Crippen molar-refractivity contribution in [2.24, 2.45) is 0 Å². The molecule has 3 nitrogen and oxygen atoms in total. The molecule has 1 heterocycles. The monoisotopic (exact) mass is 150 g/mol. The van der Waals surface area contributed by atoms with E-state index in [1.54, 1.807) is 0 Å². The minimum Gasteiger partial charge on any atom is -0.417 e. The van der Waals surface area contributed by atoms with Crippen LogP contribution in [0.2, 0.25) is 0 Å². The first kappa shape index (κ1) is 7.04. The van der Waals surface area contributed by atoms with Gasteiger partial charge in [0.15, 0.2) is 0 Å². The largest absolute Gasteiger partial charge is 0.470 e. The highest BCUT2D eigenvalue weighted by atomic mass is 19.4. The molecule has 54 valence electrons. The highest BCUT2D eigenvalue weighted by Crippen LogP contribution is 2.27. The highest BCUT2D eigenvalue weighted by molar-refractivity contribution is 4.87. The highest BCUT2D eigenvalue weighted by Gasteiger charge is 2.37. The van der Waals surface area contributed by atoms with Crippen LogP contribution in [-0.2, 0) is 6.18 Å². The van der Waals surface area contributed by atoms with Gasteiger partial charge in [-0.1, -0.05) is 0 Å². The molecule has 0 aliphatic rings. The molecule has 0 atom stereocenters. The van der Waals surface area contributed by atoms with Crippen LogP contribution in [0.15, 0.2) is 4.42 Å². The quantitative estimate of drug-likeness (QED) is 0.556. The van der Waals surface area contributed by atoms with Crippen LogP contribution in [0, 0.1) is 6.92 Å². The standard InChI is InChI=1S/C4HF3N2O/c1-2-8-9-3(10-2)4(5,6)7/h1H. The smallest absolute Gasteiger partial charge is 0.417 e. The summed E-state index contributed by atoms with van der Waals surface area (Å²) in [4.78, 5) is 0. The van der Waals surface area contributed by atoms with E-state index in [0.29, 0.717) is 0 Å². The zero-order valence-corrected chi connectivity index (χ0v) is 4.51. The fourth-order valence-electron chi connectivity index (χ4n) is 0.349. The van der Waals surface area contributed by atoms with Crippen molar-refractivity contribution < 1.29 is 17.6 Å². The number of rotatable bonds is 0. The summed E-state index contributed by atoms with van der Waals surface area (Å²) >= 11 is 0. The summed E-state index contributed by atoms with van der Waals surface area (Å²) in [6.07, 6.45) is -4.61. The SMILES string of the molecule is [CH]c1nnc(C(F)(F)F)o1. The Balaban J connectivity index is 2.96. The molecule has 0 amide bonds. The molecule has 0 aromatic carbocycles. The van der Waals surface area contributed by atoms with Gasteiger partial charge in [-0.15, -0.1) is 10.2 Å². The molecule has 10 heavy (non-hydrogen) atoms. The van der Waals surface area contributed by atoms with Gasteiger partial charge < -0.3 is 4.42 Å². The molecule has 1 rings (SSSR count). The third-order valence-corrected chi connectivity index (χ3v) is 0.683. The van der Waals surface area contributed by atoms with Crippen LogP contribution in [0.25, 0.3) is 0 Å². The number of hydrogen-bond donors (Lipinski definition) is 0.